The van der Waals surface area contributed by atoms with Gasteiger partial charge in [0, 0.05) is 119 Å². The molecule has 0 aliphatic carbocycles. The van der Waals surface area contributed by atoms with E-state index in [1.807, 2.05) is 46.3 Å². The molecule has 6 heterocycles. The van der Waals surface area contributed by atoms with Crippen LogP contribution in [0, 0.1) is 6.92 Å². The van der Waals surface area contributed by atoms with Gasteiger partial charge in [-0.15, -0.1) is 10.2 Å². The summed E-state index contributed by atoms with van der Waals surface area (Å²) < 4.78 is 35.2. The van der Waals surface area contributed by atoms with Gasteiger partial charge < -0.3 is 35.0 Å². The lowest BCUT2D eigenvalue weighted by Gasteiger charge is -2.41. The number of nitrogen functional groups attached to an aromatic ring is 1. The Kier molecular flexibility index (Phi) is 10.6. The minimum atomic E-state index is -1.33. The summed E-state index contributed by atoms with van der Waals surface area (Å²) in [5.41, 5.74) is 13.3. The number of phenolic OH excluding ortho intramolecular Hbond substituents is 1. The van der Waals surface area contributed by atoms with Crippen LogP contribution in [-0.4, -0.2) is 100 Å². The molecule has 3 atom stereocenters. The first kappa shape index (κ1) is 37.5. The quantitative estimate of drug-likeness (QED) is 0.137. The maximum Gasteiger partial charge on any atom is 0.253 e. The van der Waals surface area contributed by atoms with Gasteiger partial charge in [0.25, 0.3) is 5.91 Å². The molecule has 0 radical (unpaired) electrons. The van der Waals surface area contributed by atoms with Crippen molar-refractivity contribution < 1.29 is 17.0 Å². The average molecular weight is 814 g/mol. The smallest absolute Gasteiger partial charge is 0.253 e. The van der Waals surface area contributed by atoms with E-state index < -0.39 is 18.8 Å². The van der Waals surface area contributed by atoms with Crippen LogP contribution in [0.2, 0.25) is 0 Å². The molecular weight excluding hydrogens is 754 g/mol. The average Bonchev–Trinajstić information content (AvgIpc) is 3.65. The number of aromatic nitrogens is 3. The highest BCUT2D eigenvalue weighted by molar-refractivity contribution is 5.94. The van der Waals surface area contributed by atoms with E-state index in [0.29, 0.717) is 61.2 Å². The zero-order chi connectivity index (χ0) is 43.1. The summed E-state index contributed by atoms with van der Waals surface area (Å²) in [7, 11) is 0. The third-order valence-corrected chi connectivity index (χ3v) is 13.3. The highest BCUT2D eigenvalue weighted by atomic mass is 19.1. The fourth-order valence-electron chi connectivity index (χ4n) is 9.97. The maximum atomic E-state index is 16.5. The highest BCUT2D eigenvalue weighted by Gasteiger charge is 2.39. The summed E-state index contributed by atoms with van der Waals surface area (Å²) in [6, 6.07) is 21.7. The van der Waals surface area contributed by atoms with Crippen LogP contribution in [0.3, 0.4) is 0 Å². The second-order valence-corrected chi connectivity index (χ2v) is 17.2. The predicted octanol–water partition coefficient (Wildman–Crippen LogP) is 7.80. The molecule has 1 amide bonds. The lowest BCUT2D eigenvalue weighted by atomic mass is 9.86. The number of fused-ring (bicyclic) bond motifs is 1. The van der Waals surface area contributed by atoms with Gasteiger partial charge in [-0.25, -0.2) is 4.39 Å². The number of carbonyl (C=O) groups excluding carboxylic acids is 1. The Morgan fingerprint density at radius 3 is 2.60 bits per heavy atom. The van der Waals surface area contributed by atoms with Crippen molar-refractivity contribution in [1.29, 1.82) is 0 Å². The van der Waals surface area contributed by atoms with Gasteiger partial charge in [0.05, 0.1) is 19.4 Å². The predicted molar refractivity (Wildman–Crippen MR) is 238 cm³/mol. The number of hydrogen-bond donors (Lipinski definition) is 3. The maximum absolute atomic E-state index is 16.5. The van der Waals surface area contributed by atoms with Crippen LogP contribution < -0.4 is 20.9 Å². The second-order valence-electron chi connectivity index (χ2n) is 17.2. The lowest BCUT2D eigenvalue weighted by Crippen LogP contribution is -2.51. The minimum absolute atomic E-state index is 0.0392. The van der Waals surface area contributed by atoms with E-state index in [9.17, 15) is 9.90 Å². The van der Waals surface area contributed by atoms with Crippen LogP contribution in [0.25, 0.3) is 22.2 Å². The molecule has 0 bridgehead atoms. The Bertz CT molecular complexity index is 2460. The van der Waals surface area contributed by atoms with Crippen molar-refractivity contribution in [3.05, 3.63) is 107 Å². The number of rotatable bonds is 9. The summed E-state index contributed by atoms with van der Waals surface area (Å²) in [6.07, 6.45) is 11.3. The van der Waals surface area contributed by atoms with Gasteiger partial charge >= 0.3 is 0 Å². The Labute approximate surface area is 355 Å². The number of hydrogen-bond acceptors (Lipinski definition) is 9. The number of anilines is 3. The number of phenols is 1. The van der Waals surface area contributed by atoms with Gasteiger partial charge in [-0.2, -0.15) is 0 Å². The number of nitrogens with zero attached hydrogens (tertiary/aromatic N) is 7. The largest absolute Gasteiger partial charge is 0.507 e. The van der Waals surface area contributed by atoms with Crippen molar-refractivity contribution in [2.75, 3.05) is 74.5 Å². The summed E-state index contributed by atoms with van der Waals surface area (Å²) in [5, 5.41) is 23.1. The number of likely N-dealkylation sites (tertiary alicyclic amines) is 2. The number of para-hydroxylation sites is 1. The first-order valence-electron chi connectivity index (χ1n) is 22.8. The van der Waals surface area contributed by atoms with E-state index in [2.05, 4.69) is 74.2 Å². The number of piperidine rings is 3. The Hall–Kier alpha value is -5.46. The first-order chi connectivity index (χ1) is 30.0. The van der Waals surface area contributed by atoms with Crippen molar-refractivity contribution >= 4 is 34.0 Å². The van der Waals surface area contributed by atoms with E-state index in [1.54, 1.807) is 18.2 Å². The van der Waals surface area contributed by atoms with E-state index in [-0.39, 0.29) is 17.6 Å². The third kappa shape index (κ3) is 8.07. The number of alkyl halides is 1. The van der Waals surface area contributed by atoms with Crippen molar-refractivity contribution in [1.82, 2.24) is 29.9 Å². The number of amides is 1. The van der Waals surface area contributed by atoms with Gasteiger partial charge in [-0.3, -0.25) is 10.1 Å². The summed E-state index contributed by atoms with van der Waals surface area (Å²) >= 11 is 0. The zero-order valence-corrected chi connectivity index (χ0v) is 34.7. The molecule has 0 saturated carbocycles. The minimum Gasteiger partial charge on any atom is -0.507 e. The van der Waals surface area contributed by atoms with Crippen LogP contribution in [0.1, 0.15) is 87.2 Å². The molecule has 3 saturated heterocycles. The van der Waals surface area contributed by atoms with Crippen LogP contribution in [0.5, 0.6) is 5.75 Å². The summed E-state index contributed by atoms with van der Waals surface area (Å²) in [5.74, 6) is 0.696. The van der Waals surface area contributed by atoms with Crippen molar-refractivity contribution in [2.24, 2.45) is 0 Å². The van der Waals surface area contributed by atoms with E-state index in [1.165, 1.54) is 22.0 Å². The molecule has 12 heteroatoms. The molecule has 60 heavy (non-hydrogen) atoms. The van der Waals surface area contributed by atoms with Gasteiger partial charge in [-0.05, 0) is 104 Å². The first-order valence-corrected chi connectivity index (χ1v) is 21.6. The molecule has 4 aliphatic heterocycles. The molecule has 3 aromatic carbocycles. The van der Waals surface area contributed by atoms with Crippen molar-refractivity contribution in [3.63, 3.8) is 0 Å². The molecule has 314 valence electrons. The second kappa shape index (κ2) is 16.9. The fourth-order valence-corrected chi connectivity index (χ4v) is 9.97. The summed E-state index contributed by atoms with van der Waals surface area (Å²) in [6.45, 7) is 7.39. The van der Waals surface area contributed by atoms with Crippen LogP contribution >= 0.6 is 0 Å². The highest BCUT2D eigenvalue weighted by Crippen LogP contribution is 2.38. The van der Waals surface area contributed by atoms with Crippen LogP contribution in [-0.2, 0) is 6.42 Å². The molecule has 11 nitrogen and oxygen atoms in total. The topological polar surface area (TPSA) is 119 Å². The van der Waals surface area contributed by atoms with Gasteiger partial charge in [0.15, 0.2) is 5.82 Å². The van der Waals surface area contributed by atoms with Crippen molar-refractivity contribution in [3.8, 4) is 17.0 Å². The standard InChI is InChI=1S/C48H58FN9O2/c1-3-34-30-58(43-14-12-38(27-41(34)43)57-21-7-19-51-32-57)37-15-22-54(23-16-37)31-48(49)17-24-55(25-18-48)47(60)35-11-13-39(33(2)26-35)36-8-6-20-56(29-36)44-28-42(52-53-46(44)50)40-9-4-5-10-45(40)59/h4-5,7,9-14,21,26-28,30,36-37,51,59H,3,6,8,15-20,22-25,29,31-32H2,1-2H3,(H2,50,53)/i19D,32D/t19?,32-,36?/m0/s1. The molecule has 2 unspecified atom stereocenters. The van der Waals surface area contributed by atoms with Crippen LogP contribution in [0.4, 0.5) is 21.6 Å². The van der Waals surface area contributed by atoms with Gasteiger partial charge in [0.1, 0.15) is 11.4 Å². The Balaban J connectivity index is 0.787. The molecule has 2 aromatic heterocycles. The Morgan fingerprint density at radius 1 is 1.02 bits per heavy atom. The SMILES string of the molecule is [2H]C1C=CN(c2ccc3c(c2)c(CC)cn3C2CCN(CC3(F)CCN(C(=O)c4ccc(C5CCCN(c6cc(-c7ccccc7O)nnc6N)C5)c(C)c4)CC3)CC2)[C@@H]([2H])N1. The van der Waals surface area contributed by atoms with Crippen LogP contribution in [0.15, 0.2) is 85.2 Å². The molecule has 5 aromatic rings. The fraction of sp³-hybridized carbons (Fsp3) is 0.438. The third-order valence-electron chi connectivity index (χ3n) is 13.3. The molecular formula is C48H58FN9O2. The van der Waals surface area contributed by atoms with Gasteiger partial charge in [-0.1, -0.05) is 31.2 Å². The van der Waals surface area contributed by atoms with Crippen molar-refractivity contribution in [2.45, 2.75) is 76.4 Å². The zero-order valence-electron chi connectivity index (χ0n) is 36.7. The van der Waals surface area contributed by atoms with E-state index in [4.69, 9.17) is 8.48 Å². The molecule has 4 aliphatic rings. The van der Waals surface area contributed by atoms with E-state index >= 15 is 4.39 Å². The number of halogens is 1. The summed E-state index contributed by atoms with van der Waals surface area (Å²) in [4.78, 5) is 22.0. The Morgan fingerprint density at radius 2 is 1.83 bits per heavy atom. The molecule has 3 fully saturated rings. The number of nitrogens with one attached hydrogen (secondary N) is 1. The number of nitrogens with two attached hydrogens (primary N) is 1. The number of aryl methyl sites for hydroxylation is 2. The molecule has 9 rings (SSSR count). The number of carbonyl (C=O) groups is 1. The monoisotopic (exact) mass is 813 g/mol. The lowest BCUT2D eigenvalue weighted by molar-refractivity contribution is 0.0158. The molecule has 0 spiro atoms. The number of benzene rings is 3. The van der Waals surface area contributed by atoms with E-state index in [0.717, 1.165) is 75.2 Å². The normalized spacial score (nSPS) is 23.2. The number of aromatic hydroxyl groups is 1. The van der Waals surface area contributed by atoms with Gasteiger partial charge in [0.2, 0.25) is 0 Å². The molecule has 4 N–H and O–H groups in total.